The predicted octanol–water partition coefficient (Wildman–Crippen LogP) is 5.01. The van der Waals surface area contributed by atoms with Gasteiger partial charge in [0.2, 0.25) is 0 Å². The Kier molecular flexibility index (Phi) is 12.8. The Hall–Kier alpha value is -3.68. The van der Waals surface area contributed by atoms with Gasteiger partial charge in [-0.3, -0.25) is 4.79 Å². The number of alkyl halides is 3. The van der Waals surface area contributed by atoms with E-state index in [0.717, 1.165) is 12.1 Å². The Morgan fingerprint density at radius 1 is 1.07 bits per heavy atom. The van der Waals surface area contributed by atoms with E-state index in [1.54, 1.807) is 18.2 Å². The molecule has 236 valence electrons. The maximum atomic E-state index is 12.9. The molecule has 0 saturated heterocycles. The van der Waals surface area contributed by atoms with Gasteiger partial charge in [-0.2, -0.15) is 13.2 Å². The van der Waals surface area contributed by atoms with E-state index in [1.807, 2.05) is 12.2 Å². The zero-order chi connectivity index (χ0) is 31.4. The molecule has 1 fully saturated rings. The highest BCUT2D eigenvalue weighted by Gasteiger charge is 2.40. The van der Waals surface area contributed by atoms with Gasteiger partial charge in [0.15, 0.2) is 0 Å². The van der Waals surface area contributed by atoms with Crippen molar-refractivity contribution in [3.05, 3.63) is 81.9 Å². The molecule has 1 aliphatic rings. The van der Waals surface area contributed by atoms with Crippen LogP contribution in [0.5, 0.6) is 11.5 Å². The third-order valence-electron chi connectivity index (χ3n) is 7.25. The summed E-state index contributed by atoms with van der Waals surface area (Å²) in [7, 11) is 0. The molecule has 0 unspecified atom stereocenters. The highest BCUT2D eigenvalue weighted by Crippen LogP contribution is 2.38. The Labute approximate surface area is 246 Å². The van der Waals surface area contributed by atoms with Crippen molar-refractivity contribution in [1.82, 2.24) is 0 Å². The van der Waals surface area contributed by atoms with Gasteiger partial charge in [-0.15, -0.1) is 10.1 Å². The lowest BCUT2D eigenvalue weighted by molar-refractivity contribution is -0.763. The quantitative estimate of drug-likeness (QED) is 0.0595. The maximum Gasteiger partial charge on any atom is 0.416 e. The van der Waals surface area contributed by atoms with Crippen LogP contribution in [-0.2, 0) is 22.4 Å². The van der Waals surface area contributed by atoms with E-state index in [9.17, 15) is 43.4 Å². The lowest BCUT2D eigenvalue weighted by atomic mass is 9.86. The number of hydrogen-bond acceptors (Lipinski definition) is 9. The van der Waals surface area contributed by atoms with Crippen LogP contribution in [-0.4, -0.2) is 51.3 Å². The first-order valence-corrected chi connectivity index (χ1v) is 14.0. The van der Waals surface area contributed by atoms with Crippen molar-refractivity contribution in [2.24, 2.45) is 11.8 Å². The average Bonchev–Trinajstić information content (AvgIpc) is 3.22. The lowest BCUT2D eigenvalue weighted by Crippen LogP contribution is -2.25. The molecule has 2 aromatic carbocycles. The maximum absolute atomic E-state index is 12.9. The van der Waals surface area contributed by atoms with Crippen molar-refractivity contribution >= 4 is 5.97 Å². The van der Waals surface area contributed by atoms with Crippen molar-refractivity contribution in [2.75, 3.05) is 6.61 Å². The van der Waals surface area contributed by atoms with Gasteiger partial charge in [-0.25, -0.2) is 0 Å². The molecular formula is C30H36F3NO9. The molecule has 0 heterocycles. The number of benzene rings is 2. The van der Waals surface area contributed by atoms with Crippen LogP contribution < -0.4 is 9.47 Å². The van der Waals surface area contributed by atoms with Crippen LogP contribution in [0.15, 0.2) is 60.7 Å². The van der Waals surface area contributed by atoms with E-state index in [4.69, 9.17) is 9.47 Å². The molecule has 0 spiro atoms. The molecule has 1 saturated carbocycles. The molecule has 3 rings (SSSR count). The Morgan fingerprint density at radius 2 is 1.79 bits per heavy atom. The number of halogens is 3. The lowest BCUT2D eigenvalue weighted by Gasteiger charge is -2.23. The van der Waals surface area contributed by atoms with E-state index in [1.165, 1.54) is 18.2 Å². The van der Waals surface area contributed by atoms with Crippen molar-refractivity contribution in [1.29, 1.82) is 0 Å². The van der Waals surface area contributed by atoms with Crippen LogP contribution in [0.4, 0.5) is 13.2 Å². The standard InChI is InChI=1S/C30H36F3NO9/c31-30(32,33)21-8-6-9-23(16-21)41-19-22(35)13-14-26-25(27(36)17-28(26)37)11-3-1-2-4-12-29(38)43-24-10-5-7-20(15-24)18-42-34(39)40/h1,3,5-10,15-16,22,25-28,35-37H,2,4,11-14,17-19H2/t22-,25-,26-,27+,28-/m1/s1. The number of allylic oxidation sites excluding steroid dienone is 2. The second-order valence-corrected chi connectivity index (χ2v) is 10.5. The summed E-state index contributed by atoms with van der Waals surface area (Å²) >= 11 is 0. The van der Waals surface area contributed by atoms with Gasteiger partial charge in [0, 0.05) is 6.42 Å². The Bertz CT molecular complexity index is 1220. The molecule has 2 aromatic rings. The van der Waals surface area contributed by atoms with E-state index in [0.29, 0.717) is 31.2 Å². The Morgan fingerprint density at radius 3 is 2.53 bits per heavy atom. The van der Waals surface area contributed by atoms with Crippen LogP contribution in [0, 0.1) is 22.0 Å². The summed E-state index contributed by atoms with van der Waals surface area (Å²) in [5.41, 5.74) is -0.357. The van der Waals surface area contributed by atoms with Crippen molar-refractivity contribution in [3.63, 3.8) is 0 Å². The summed E-state index contributed by atoms with van der Waals surface area (Å²) in [6.07, 6.45) is -0.587. The number of esters is 1. The van der Waals surface area contributed by atoms with E-state index < -0.39 is 41.1 Å². The smallest absolute Gasteiger partial charge is 0.416 e. The van der Waals surface area contributed by atoms with Crippen LogP contribution in [0.3, 0.4) is 0 Å². The number of aliphatic hydroxyl groups is 3. The fourth-order valence-electron chi connectivity index (χ4n) is 5.07. The van der Waals surface area contributed by atoms with Gasteiger partial charge in [0.1, 0.15) is 24.7 Å². The van der Waals surface area contributed by atoms with Gasteiger partial charge in [0.25, 0.3) is 5.09 Å². The van der Waals surface area contributed by atoms with Crippen LogP contribution in [0.25, 0.3) is 0 Å². The second kappa shape index (κ2) is 16.2. The second-order valence-electron chi connectivity index (χ2n) is 10.5. The minimum atomic E-state index is -4.50. The van der Waals surface area contributed by atoms with Gasteiger partial charge >= 0.3 is 12.1 Å². The fraction of sp³-hybridized carbons (Fsp3) is 0.500. The third kappa shape index (κ3) is 11.5. The molecule has 0 aliphatic heterocycles. The molecule has 43 heavy (non-hydrogen) atoms. The first-order chi connectivity index (χ1) is 20.4. The summed E-state index contributed by atoms with van der Waals surface area (Å²) < 4.78 is 49.2. The topological polar surface area (TPSA) is 149 Å². The number of rotatable bonds is 16. The Balaban J connectivity index is 1.37. The first-order valence-electron chi connectivity index (χ1n) is 14.0. The number of hydrogen-bond donors (Lipinski definition) is 3. The first kappa shape index (κ1) is 33.8. The monoisotopic (exact) mass is 611 g/mol. The third-order valence-corrected chi connectivity index (χ3v) is 7.25. The van der Waals surface area contributed by atoms with Crippen LogP contribution in [0.1, 0.15) is 56.1 Å². The molecule has 0 radical (unpaired) electrons. The summed E-state index contributed by atoms with van der Waals surface area (Å²) in [4.78, 5) is 26.8. The van der Waals surface area contributed by atoms with Crippen LogP contribution in [0.2, 0.25) is 0 Å². The summed E-state index contributed by atoms with van der Waals surface area (Å²) in [5, 5.41) is 40.7. The average molecular weight is 612 g/mol. The molecular weight excluding hydrogens is 575 g/mol. The largest absolute Gasteiger partial charge is 0.491 e. The number of carbonyl (C=O) groups excluding carboxylic acids is 1. The van der Waals surface area contributed by atoms with Gasteiger partial charge < -0.3 is 29.6 Å². The number of nitrogens with zero attached hydrogens (tertiary/aromatic N) is 1. The zero-order valence-electron chi connectivity index (χ0n) is 23.4. The summed E-state index contributed by atoms with van der Waals surface area (Å²) in [6.45, 7) is -0.462. The molecule has 3 N–H and O–H groups in total. The minimum Gasteiger partial charge on any atom is -0.491 e. The normalized spacial score (nSPS) is 21.1. The van der Waals surface area contributed by atoms with Crippen molar-refractivity contribution < 1.29 is 52.7 Å². The summed E-state index contributed by atoms with van der Waals surface area (Å²) in [6, 6.07) is 10.7. The number of ether oxygens (including phenoxy) is 2. The highest BCUT2D eigenvalue weighted by atomic mass is 19.4. The van der Waals surface area contributed by atoms with Gasteiger partial charge in [-0.1, -0.05) is 30.4 Å². The molecule has 0 aromatic heterocycles. The van der Waals surface area contributed by atoms with E-state index in [-0.39, 0.29) is 55.8 Å². The highest BCUT2D eigenvalue weighted by molar-refractivity contribution is 5.72. The number of carbonyl (C=O) groups is 1. The van der Waals surface area contributed by atoms with E-state index >= 15 is 0 Å². The van der Waals surface area contributed by atoms with Gasteiger partial charge in [0.05, 0.1) is 23.9 Å². The molecule has 0 bridgehead atoms. The van der Waals surface area contributed by atoms with Crippen molar-refractivity contribution in [2.45, 2.75) is 76.0 Å². The van der Waals surface area contributed by atoms with Crippen molar-refractivity contribution in [3.8, 4) is 11.5 Å². The summed E-state index contributed by atoms with van der Waals surface area (Å²) in [5.74, 6) is -0.706. The molecule has 0 amide bonds. The molecule has 10 nitrogen and oxygen atoms in total. The number of aliphatic hydroxyl groups excluding tert-OH is 3. The molecule has 5 atom stereocenters. The SMILES string of the molecule is O=C(CCCC=CC[C@@H]1[C@@H](CC[C@@H](O)COc2cccc(C(F)(F)F)c2)[C@H](O)C[C@@H]1O)Oc1cccc(CO[N+](=O)[O-])c1. The molecule has 1 aliphatic carbocycles. The molecule has 13 heteroatoms. The van der Waals surface area contributed by atoms with Crippen LogP contribution >= 0.6 is 0 Å². The van der Waals surface area contributed by atoms with Gasteiger partial charge in [-0.05, 0) is 86.3 Å². The number of unbranched alkanes of at least 4 members (excludes halogenated alkanes) is 1. The van der Waals surface area contributed by atoms with E-state index in [2.05, 4.69) is 4.84 Å². The predicted molar refractivity (Wildman–Crippen MR) is 147 cm³/mol. The minimum absolute atomic E-state index is 0.00373. The zero-order valence-corrected chi connectivity index (χ0v) is 23.4. The fourth-order valence-corrected chi connectivity index (χ4v) is 5.07.